The fourth-order valence-electron chi connectivity index (χ4n) is 3.49. The summed E-state index contributed by atoms with van der Waals surface area (Å²) < 4.78 is 0.386. The van der Waals surface area contributed by atoms with Gasteiger partial charge in [0.1, 0.15) is 10.9 Å². The number of benzene rings is 2. The largest absolute Gasteiger partial charge is 0.350 e. The lowest BCUT2D eigenvalue weighted by Crippen LogP contribution is -2.38. The topological polar surface area (TPSA) is 69.7 Å². The van der Waals surface area contributed by atoms with Crippen LogP contribution in [0.15, 0.2) is 72.2 Å². The van der Waals surface area contributed by atoms with Crippen LogP contribution in [0.3, 0.4) is 0 Å². The van der Waals surface area contributed by atoms with E-state index in [9.17, 15) is 14.4 Å². The number of carbonyl (C=O) groups excluding carboxylic acids is 3. The fourth-order valence-corrected chi connectivity index (χ4v) is 4.84. The van der Waals surface area contributed by atoms with Crippen LogP contribution in [0.2, 0.25) is 0 Å². The van der Waals surface area contributed by atoms with Crippen LogP contribution in [-0.2, 0) is 20.9 Å². The molecule has 2 heterocycles. The van der Waals surface area contributed by atoms with Crippen LogP contribution in [0.1, 0.15) is 11.1 Å². The van der Waals surface area contributed by atoms with Gasteiger partial charge >= 0.3 is 0 Å². The van der Waals surface area contributed by atoms with Crippen molar-refractivity contribution >= 4 is 57.3 Å². The second-order valence-electron chi connectivity index (χ2n) is 6.95. The third kappa shape index (κ3) is 4.04. The molecule has 0 bridgehead atoms. The zero-order valence-corrected chi connectivity index (χ0v) is 18.2. The molecule has 0 unspecified atom stereocenters. The highest BCUT2D eigenvalue weighted by Crippen LogP contribution is 2.44. The van der Waals surface area contributed by atoms with Crippen LogP contribution in [-0.4, -0.2) is 40.0 Å². The molecule has 3 amide bonds. The van der Waals surface area contributed by atoms with Gasteiger partial charge in [0.15, 0.2) is 0 Å². The summed E-state index contributed by atoms with van der Waals surface area (Å²) in [7, 11) is 0. The number of para-hydroxylation sites is 1. The quantitative estimate of drug-likeness (QED) is 0.417. The van der Waals surface area contributed by atoms with Crippen molar-refractivity contribution in [1.29, 1.82) is 0 Å². The number of hydrogen-bond donors (Lipinski definition) is 1. The minimum atomic E-state index is -0.379. The lowest BCUT2D eigenvalue weighted by molar-refractivity contribution is -0.122. The van der Waals surface area contributed by atoms with Gasteiger partial charge in [0.2, 0.25) is 5.91 Å². The van der Waals surface area contributed by atoms with Gasteiger partial charge in [-0.15, -0.1) is 6.58 Å². The van der Waals surface area contributed by atoms with E-state index in [1.54, 1.807) is 30.3 Å². The fraction of sp³-hybridized carbons (Fsp3) is 0.130. The van der Waals surface area contributed by atoms with Gasteiger partial charge in [-0.2, -0.15) is 0 Å². The first-order valence-corrected chi connectivity index (χ1v) is 10.8. The highest BCUT2D eigenvalue weighted by atomic mass is 32.2. The van der Waals surface area contributed by atoms with Crippen LogP contribution in [0.5, 0.6) is 0 Å². The van der Waals surface area contributed by atoms with Crippen molar-refractivity contribution in [3.63, 3.8) is 0 Å². The molecule has 1 saturated heterocycles. The molecule has 2 aromatic rings. The van der Waals surface area contributed by atoms with Crippen LogP contribution in [0, 0.1) is 0 Å². The van der Waals surface area contributed by atoms with Gasteiger partial charge in [0.05, 0.1) is 16.2 Å². The summed E-state index contributed by atoms with van der Waals surface area (Å²) in [5.41, 5.74) is 2.49. The van der Waals surface area contributed by atoms with Gasteiger partial charge in [-0.25, -0.2) is 0 Å². The Morgan fingerprint density at radius 3 is 2.48 bits per heavy atom. The maximum Gasteiger partial charge on any atom is 0.267 e. The average molecular weight is 450 g/mol. The second-order valence-corrected chi connectivity index (χ2v) is 8.59. The number of fused-ring (bicyclic) bond motifs is 1. The Labute approximate surface area is 189 Å². The van der Waals surface area contributed by atoms with E-state index < -0.39 is 0 Å². The maximum atomic E-state index is 13.3. The molecule has 6 nitrogen and oxygen atoms in total. The Bertz CT molecular complexity index is 1130. The molecule has 8 heteroatoms. The van der Waals surface area contributed by atoms with E-state index in [-0.39, 0.29) is 41.3 Å². The van der Waals surface area contributed by atoms with Crippen molar-refractivity contribution in [2.24, 2.45) is 0 Å². The van der Waals surface area contributed by atoms with Gasteiger partial charge in [-0.3, -0.25) is 24.2 Å². The minimum Gasteiger partial charge on any atom is -0.350 e. The van der Waals surface area contributed by atoms with E-state index in [0.29, 0.717) is 22.1 Å². The van der Waals surface area contributed by atoms with Crippen LogP contribution in [0.25, 0.3) is 5.57 Å². The molecule has 2 aliphatic heterocycles. The summed E-state index contributed by atoms with van der Waals surface area (Å²) in [5, 5.41) is 2.84. The predicted molar refractivity (Wildman–Crippen MR) is 126 cm³/mol. The molecule has 4 rings (SSSR count). The van der Waals surface area contributed by atoms with Crippen molar-refractivity contribution in [2.45, 2.75) is 6.54 Å². The van der Waals surface area contributed by atoms with Crippen molar-refractivity contribution in [1.82, 2.24) is 10.2 Å². The van der Waals surface area contributed by atoms with Gasteiger partial charge in [-0.05, 0) is 11.6 Å². The molecule has 1 N–H and O–H groups in total. The van der Waals surface area contributed by atoms with E-state index in [4.69, 9.17) is 12.2 Å². The molecule has 0 atom stereocenters. The Hall–Kier alpha value is -3.23. The smallest absolute Gasteiger partial charge is 0.267 e. The molecule has 0 radical (unpaired) electrons. The van der Waals surface area contributed by atoms with Crippen LogP contribution < -0.4 is 10.2 Å². The molecule has 31 heavy (non-hydrogen) atoms. The molecule has 156 valence electrons. The lowest BCUT2D eigenvalue weighted by Gasteiger charge is -2.16. The summed E-state index contributed by atoms with van der Waals surface area (Å²) in [6.45, 7) is 4.16. The average Bonchev–Trinajstić information content (AvgIpc) is 3.21. The van der Waals surface area contributed by atoms with Gasteiger partial charge < -0.3 is 5.32 Å². The maximum absolute atomic E-state index is 13.3. The summed E-state index contributed by atoms with van der Waals surface area (Å²) in [6.07, 6.45) is 1.59. The molecule has 0 aliphatic carbocycles. The summed E-state index contributed by atoms with van der Waals surface area (Å²) in [5.74, 6) is -0.981. The number of thiocarbonyl (C=S) groups is 1. The number of thioether (sulfide) groups is 1. The van der Waals surface area contributed by atoms with E-state index in [1.165, 1.54) is 9.80 Å². The van der Waals surface area contributed by atoms with E-state index in [1.807, 2.05) is 30.3 Å². The van der Waals surface area contributed by atoms with Crippen molar-refractivity contribution < 1.29 is 14.4 Å². The van der Waals surface area contributed by atoms with Crippen molar-refractivity contribution in [2.75, 3.05) is 18.0 Å². The normalized spacial score (nSPS) is 17.9. The van der Waals surface area contributed by atoms with E-state index >= 15 is 0 Å². The molecule has 0 saturated carbocycles. The van der Waals surface area contributed by atoms with Gasteiger partial charge in [0.25, 0.3) is 11.8 Å². The number of nitrogens with zero attached hydrogens (tertiary/aromatic N) is 2. The minimum absolute atomic E-state index is 0.140. The van der Waals surface area contributed by atoms with Crippen molar-refractivity contribution in [3.05, 3.63) is 83.3 Å². The summed E-state index contributed by atoms with van der Waals surface area (Å²) >= 11 is 6.42. The summed E-state index contributed by atoms with van der Waals surface area (Å²) in [6, 6.07) is 16.7. The van der Waals surface area contributed by atoms with Crippen LogP contribution >= 0.6 is 24.0 Å². The molecule has 0 spiro atoms. The standard InChI is InChI=1S/C23H19N3O3S2/c1-2-12-25-22(29)20(31-23(25)30)19-16-10-6-7-11-17(16)26(21(19)28)14-18(27)24-13-15-8-4-3-5-9-15/h2-11H,1,12-14H2,(H,24,27). The number of anilines is 1. The SMILES string of the molecule is C=CCN1C(=O)C(=C2C(=O)N(CC(=O)NCc3ccccc3)c3ccccc32)SC1=S. The third-order valence-electron chi connectivity index (χ3n) is 4.95. The summed E-state index contributed by atoms with van der Waals surface area (Å²) in [4.78, 5) is 41.9. The van der Waals surface area contributed by atoms with E-state index in [0.717, 1.165) is 17.3 Å². The lowest BCUT2D eigenvalue weighted by atomic mass is 10.1. The number of hydrogen-bond acceptors (Lipinski definition) is 5. The monoisotopic (exact) mass is 449 g/mol. The zero-order chi connectivity index (χ0) is 22.0. The first-order chi connectivity index (χ1) is 15.0. The van der Waals surface area contributed by atoms with Gasteiger partial charge in [0, 0.05) is 18.7 Å². The molecule has 2 aromatic carbocycles. The van der Waals surface area contributed by atoms with E-state index in [2.05, 4.69) is 11.9 Å². The van der Waals surface area contributed by atoms with Gasteiger partial charge in [-0.1, -0.05) is 78.6 Å². The highest BCUT2D eigenvalue weighted by Gasteiger charge is 2.42. The van der Waals surface area contributed by atoms with Crippen LogP contribution in [0.4, 0.5) is 5.69 Å². The molecule has 0 aromatic heterocycles. The number of nitrogens with one attached hydrogen (secondary N) is 1. The Kier molecular flexibility index (Phi) is 6.01. The first kappa shape index (κ1) is 21.0. The first-order valence-electron chi connectivity index (χ1n) is 9.62. The Balaban J connectivity index is 1.59. The van der Waals surface area contributed by atoms with Crippen molar-refractivity contribution in [3.8, 4) is 0 Å². The zero-order valence-electron chi connectivity index (χ0n) is 16.5. The number of amides is 3. The Morgan fingerprint density at radius 1 is 1.03 bits per heavy atom. The molecule has 2 aliphatic rings. The number of rotatable bonds is 6. The Morgan fingerprint density at radius 2 is 1.74 bits per heavy atom. The number of carbonyl (C=O) groups is 3. The second kappa shape index (κ2) is 8.87. The third-order valence-corrected chi connectivity index (χ3v) is 6.39. The highest BCUT2D eigenvalue weighted by molar-refractivity contribution is 8.26. The molecule has 1 fully saturated rings. The molecular weight excluding hydrogens is 430 g/mol. The predicted octanol–water partition coefficient (Wildman–Crippen LogP) is 3.11. The molecular formula is C23H19N3O3S2.